The van der Waals surface area contributed by atoms with E-state index in [-0.39, 0.29) is 93.4 Å². The number of hydrogen-bond acceptors (Lipinski definition) is 14. The first-order valence-corrected chi connectivity index (χ1v) is 25.3. The van der Waals surface area contributed by atoms with Crippen LogP contribution < -0.4 is 20.1 Å². The first-order chi connectivity index (χ1) is 33.1. The predicted octanol–water partition coefficient (Wildman–Crippen LogP) is 7.55. The molecule has 1 heterocycles. The number of nitrogens with zero attached hydrogens (tertiary/aromatic N) is 2. The van der Waals surface area contributed by atoms with Crippen LogP contribution in [0.5, 0.6) is 11.5 Å². The SMILES string of the molecule is CC(C)(C)OC(=O)CCCCCCCCCCCCCCCc1cc(Oc2ccc(S(=O)(=O)Nc3cnc(C(=O)NCCOCCOCC(=O)NCCOCCOCC(=O)O)nc3)cc2)ccc1F. The highest BCUT2D eigenvalue weighted by atomic mass is 32.2. The summed E-state index contributed by atoms with van der Waals surface area (Å²) in [6.45, 7) is 6.51. The third kappa shape index (κ3) is 27.5. The van der Waals surface area contributed by atoms with Crippen molar-refractivity contribution in [1.29, 1.82) is 0 Å². The lowest BCUT2D eigenvalue weighted by molar-refractivity contribution is -0.155. The van der Waals surface area contributed by atoms with E-state index < -0.39 is 34.1 Å². The Hall–Kier alpha value is -5.28. The van der Waals surface area contributed by atoms with Gasteiger partial charge in [0.25, 0.3) is 15.9 Å². The van der Waals surface area contributed by atoms with Gasteiger partial charge in [-0.2, -0.15) is 0 Å². The summed E-state index contributed by atoms with van der Waals surface area (Å²) < 4.78 is 75.2. The lowest BCUT2D eigenvalue weighted by atomic mass is 10.0. The number of aromatic nitrogens is 2. The number of carboxylic acids is 1. The minimum atomic E-state index is -4.04. The van der Waals surface area contributed by atoms with E-state index in [0.717, 1.165) is 38.5 Å². The van der Waals surface area contributed by atoms with Crippen LogP contribution in [0.1, 0.15) is 127 Å². The molecule has 0 saturated carbocycles. The van der Waals surface area contributed by atoms with Crippen molar-refractivity contribution in [1.82, 2.24) is 20.6 Å². The van der Waals surface area contributed by atoms with Crippen LogP contribution in [0, 0.1) is 5.82 Å². The molecule has 0 unspecified atom stereocenters. The number of benzene rings is 2. The Kier molecular flexibility index (Phi) is 28.0. The third-order valence-corrected chi connectivity index (χ3v) is 11.4. The van der Waals surface area contributed by atoms with E-state index in [1.807, 2.05) is 20.8 Å². The molecule has 3 aromatic rings. The average Bonchev–Trinajstić information content (AvgIpc) is 3.30. The van der Waals surface area contributed by atoms with Crippen LogP contribution in [0.25, 0.3) is 0 Å². The number of ether oxygens (including phenoxy) is 6. The summed E-state index contributed by atoms with van der Waals surface area (Å²) in [7, 11) is -4.04. The molecule has 18 nitrogen and oxygen atoms in total. The molecule has 0 radical (unpaired) electrons. The van der Waals surface area contributed by atoms with Gasteiger partial charge in [0.05, 0.1) is 62.6 Å². The van der Waals surface area contributed by atoms with Gasteiger partial charge < -0.3 is 44.2 Å². The van der Waals surface area contributed by atoms with Crippen molar-refractivity contribution < 1.29 is 65.5 Å². The molecule has 1 aromatic heterocycles. The second kappa shape index (κ2) is 33.3. The van der Waals surface area contributed by atoms with Gasteiger partial charge in [-0.15, -0.1) is 0 Å². The molecule has 0 aliphatic heterocycles. The molecule has 0 atom stereocenters. The maximum atomic E-state index is 14.7. The molecular formula is C49H72FN5O13S. The summed E-state index contributed by atoms with van der Waals surface area (Å²) in [4.78, 5) is 54.3. The van der Waals surface area contributed by atoms with Crippen LogP contribution in [0.4, 0.5) is 10.1 Å². The molecule has 384 valence electrons. The fourth-order valence-corrected chi connectivity index (χ4v) is 7.68. The fraction of sp³-hybridized carbons (Fsp3) is 0.592. The topological polar surface area (TPSA) is 240 Å². The molecule has 0 aliphatic rings. The second-order valence-corrected chi connectivity index (χ2v) is 18.9. The van der Waals surface area contributed by atoms with Gasteiger partial charge in [0.15, 0.2) is 0 Å². The zero-order valence-corrected chi connectivity index (χ0v) is 41.2. The standard InChI is InChI=1S/C49H72FN5O13S/c1-49(2,3)68-46(59)18-16-14-12-10-8-6-4-5-7-9-11-13-15-17-38-33-41(21-24-43(38)50)67-40-19-22-42(23-20-40)69(61,62)55-39-34-53-47(54-35-39)48(60)52-26-28-64-29-31-65-36-44(56)51-25-27-63-30-32-66-37-45(57)58/h19-24,33-35,55H,4-18,25-32,36-37H2,1-3H3,(H,51,56)(H,52,60)(H,57,58). The minimum Gasteiger partial charge on any atom is -0.480 e. The summed E-state index contributed by atoms with van der Waals surface area (Å²) >= 11 is 0. The zero-order chi connectivity index (χ0) is 50.2. The molecule has 0 fully saturated rings. The second-order valence-electron chi connectivity index (χ2n) is 17.2. The molecule has 0 saturated heterocycles. The van der Waals surface area contributed by atoms with Crippen molar-refractivity contribution >= 4 is 39.5 Å². The molecule has 2 aromatic carbocycles. The molecule has 3 rings (SSSR count). The van der Waals surface area contributed by atoms with Crippen molar-refractivity contribution in [3.63, 3.8) is 0 Å². The number of esters is 1. The Morgan fingerprint density at radius 2 is 1.17 bits per heavy atom. The number of aryl methyl sites for hydroxylation is 1. The quantitative estimate of drug-likeness (QED) is 0.0320. The summed E-state index contributed by atoms with van der Waals surface area (Å²) in [6.07, 6.45) is 18.1. The van der Waals surface area contributed by atoms with Crippen molar-refractivity contribution in [3.05, 3.63) is 72.1 Å². The van der Waals surface area contributed by atoms with Crippen LogP contribution >= 0.6 is 0 Å². The molecule has 4 N–H and O–H groups in total. The van der Waals surface area contributed by atoms with E-state index in [9.17, 15) is 32.0 Å². The summed E-state index contributed by atoms with van der Waals surface area (Å²) in [5, 5.41) is 13.7. The van der Waals surface area contributed by atoms with Gasteiger partial charge in [0, 0.05) is 19.5 Å². The van der Waals surface area contributed by atoms with Gasteiger partial charge in [-0.3, -0.25) is 19.1 Å². The summed E-state index contributed by atoms with van der Waals surface area (Å²) in [5.41, 5.74) is 0.196. The maximum absolute atomic E-state index is 14.7. The molecule has 20 heteroatoms. The normalized spacial score (nSPS) is 11.5. The van der Waals surface area contributed by atoms with E-state index in [2.05, 4.69) is 25.3 Å². The third-order valence-electron chi connectivity index (χ3n) is 10.0. The van der Waals surface area contributed by atoms with E-state index in [0.29, 0.717) is 29.9 Å². The smallest absolute Gasteiger partial charge is 0.329 e. The highest BCUT2D eigenvalue weighted by Crippen LogP contribution is 2.27. The molecule has 0 spiro atoms. The number of anilines is 1. The highest BCUT2D eigenvalue weighted by molar-refractivity contribution is 7.92. The van der Waals surface area contributed by atoms with Crippen LogP contribution in [0.15, 0.2) is 59.8 Å². The first kappa shape index (κ1) is 58.0. The van der Waals surface area contributed by atoms with Crippen molar-refractivity contribution in [2.75, 3.05) is 70.7 Å². The molecule has 0 aliphatic carbocycles. The Morgan fingerprint density at radius 1 is 0.652 bits per heavy atom. The average molecular weight is 990 g/mol. The van der Waals surface area contributed by atoms with E-state index in [1.54, 1.807) is 6.07 Å². The number of carbonyl (C=O) groups excluding carboxylic acids is 3. The fourth-order valence-electron chi connectivity index (χ4n) is 6.66. The Morgan fingerprint density at radius 3 is 1.75 bits per heavy atom. The number of aliphatic carboxylic acids is 1. The molecule has 2 amide bonds. The number of rotatable bonds is 38. The number of halogens is 1. The zero-order valence-electron chi connectivity index (χ0n) is 40.4. The monoisotopic (exact) mass is 989 g/mol. The Bertz CT molecular complexity index is 2070. The van der Waals surface area contributed by atoms with E-state index in [4.69, 9.17) is 33.5 Å². The van der Waals surface area contributed by atoms with Gasteiger partial charge in [0.2, 0.25) is 11.7 Å². The first-order valence-electron chi connectivity index (χ1n) is 23.8. The number of hydrogen-bond donors (Lipinski definition) is 4. The van der Waals surface area contributed by atoms with Crippen LogP contribution in [0.3, 0.4) is 0 Å². The minimum absolute atomic E-state index is 0.0416. The molecule has 0 bridgehead atoms. The van der Waals surface area contributed by atoms with Crippen LogP contribution in [-0.4, -0.2) is 119 Å². The van der Waals surface area contributed by atoms with Gasteiger partial charge in [-0.25, -0.2) is 27.6 Å². The van der Waals surface area contributed by atoms with Crippen molar-refractivity contribution in [3.8, 4) is 11.5 Å². The van der Waals surface area contributed by atoms with Gasteiger partial charge in [0.1, 0.15) is 36.1 Å². The van der Waals surface area contributed by atoms with Crippen molar-refractivity contribution in [2.45, 2.75) is 128 Å². The molecular weight excluding hydrogens is 918 g/mol. The summed E-state index contributed by atoms with van der Waals surface area (Å²) in [5.74, 6) is -1.76. The number of nitrogens with one attached hydrogen (secondary N) is 3. The Balaban J connectivity index is 1.23. The molecule has 69 heavy (non-hydrogen) atoms. The number of amides is 2. The van der Waals surface area contributed by atoms with E-state index in [1.165, 1.54) is 93.7 Å². The number of carbonyl (C=O) groups is 4. The number of carboxylic acid groups (broad SMARTS) is 1. The summed E-state index contributed by atoms with van der Waals surface area (Å²) in [6, 6.07) is 10.4. The lowest BCUT2D eigenvalue weighted by Gasteiger charge is -2.19. The van der Waals surface area contributed by atoms with E-state index >= 15 is 0 Å². The van der Waals surface area contributed by atoms with Gasteiger partial charge in [-0.05, 0) is 88.1 Å². The predicted molar refractivity (Wildman–Crippen MR) is 256 cm³/mol. The van der Waals surface area contributed by atoms with Crippen LogP contribution in [0.2, 0.25) is 0 Å². The maximum Gasteiger partial charge on any atom is 0.329 e. The lowest BCUT2D eigenvalue weighted by Crippen LogP contribution is -2.31. The number of sulfonamides is 1. The Labute approximate surface area is 406 Å². The largest absolute Gasteiger partial charge is 0.480 e. The number of unbranched alkanes of at least 4 members (excludes halogenated alkanes) is 12. The van der Waals surface area contributed by atoms with Gasteiger partial charge >= 0.3 is 11.9 Å². The highest BCUT2D eigenvalue weighted by Gasteiger charge is 2.18. The van der Waals surface area contributed by atoms with Crippen LogP contribution in [-0.2, 0) is 54.5 Å². The van der Waals surface area contributed by atoms with Gasteiger partial charge in [-0.1, -0.05) is 70.6 Å². The van der Waals surface area contributed by atoms with Crippen molar-refractivity contribution in [2.24, 2.45) is 0 Å².